The van der Waals surface area contributed by atoms with E-state index >= 15 is 0 Å². The highest BCUT2D eigenvalue weighted by Gasteiger charge is 2.50. The number of hydrogen-bond donors (Lipinski definition) is 1. The Labute approximate surface area is 85.1 Å². The molecule has 0 amide bonds. The van der Waals surface area contributed by atoms with Gasteiger partial charge < -0.3 is 5.73 Å². The van der Waals surface area contributed by atoms with Crippen molar-refractivity contribution in [1.29, 1.82) is 0 Å². The second-order valence-corrected chi connectivity index (χ2v) is 5.51. The van der Waals surface area contributed by atoms with Gasteiger partial charge in [-0.2, -0.15) is 0 Å². The fourth-order valence-corrected chi connectivity index (χ4v) is 3.39. The molecule has 1 saturated carbocycles. The Morgan fingerprint density at radius 1 is 1.83 bits per heavy atom. The number of rotatable bonds is 2. The number of halogens is 1. The third-order valence-corrected chi connectivity index (χ3v) is 4.80. The molecule has 0 spiro atoms. The molecule has 1 aliphatic carbocycles. The molecule has 0 saturated heterocycles. The number of hydrogen-bond acceptors (Lipinski definition) is 2. The highest BCUT2D eigenvalue weighted by molar-refractivity contribution is 9.10. The van der Waals surface area contributed by atoms with Gasteiger partial charge in [-0.3, -0.25) is 0 Å². The summed E-state index contributed by atoms with van der Waals surface area (Å²) in [6.07, 6.45) is 1.26. The Morgan fingerprint density at radius 3 is 3.00 bits per heavy atom. The summed E-state index contributed by atoms with van der Waals surface area (Å²) >= 11 is 5.31. The number of thiophene rings is 1. The Balaban J connectivity index is 2.22. The predicted octanol–water partition coefficient (Wildman–Crippen LogP) is 2.75. The molecule has 2 unspecified atom stereocenters. The van der Waals surface area contributed by atoms with Crippen molar-refractivity contribution < 1.29 is 0 Å². The van der Waals surface area contributed by atoms with Gasteiger partial charge in [0, 0.05) is 20.1 Å². The molecular formula is C9H12BrNS. The highest BCUT2D eigenvalue weighted by atomic mass is 79.9. The van der Waals surface area contributed by atoms with Gasteiger partial charge in [-0.15, -0.1) is 11.3 Å². The summed E-state index contributed by atoms with van der Waals surface area (Å²) in [6.45, 7) is 3.13. The standard InChI is InChI=1S/C9H12BrNS/c1-9(3-6(9)4-11)8-2-7(10)5-12-8/h2,5-6H,3-4,11H2,1H3. The Kier molecular flexibility index (Phi) is 2.05. The summed E-state index contributed by atoms with van der Waals surface area (Å²) in [5.41, 5.74) is 6.04. The van der Waals surface area contributed by atoms with Gasteiger partial charge in [0.2, 0.25) is 0 Å². The first-order chi connectivity index (χ1) is 5.66. The maximum atomic E-state index is 5.65. The topological polar surface area (TPSA) is 26.0 Å². The van der Waals surface area contributed by atoms with Crippen molar-refractivity contribution in [3.63, 3.8) is 0 Å². The lowest BCUT2D eigenvalue weighted by atomic mass is 10.1. The first-order valence-corrected chi connectivity index (χ1v) is 5.78. The zero-order valence-electron chi connectivity index (χ0n) is 7.01. The van der Waals surface area contributed by atoms with Crippen LogP contribution in [0.1, 0.15) is 18.2 Å². The van der Waals surface area contributed by atoms with E-state index in [-0.39, 0.29) is 0 Å². The second kappa shape index (κ2) is 2.82. The highest BCUT2D eigenvalue weighted by Crippen LogP contribution is 2.55. The molecule has 1 fully saturated rings. The summed E-state index contributed by atoms with van der Waals surface area (Å²) in [7, 11) is 0. The molecular weight excluding hydrogens is 234 g/mol. The van der Waals surface area contributed by atoms with Gasteiger partial charge in [-0.05, 0) is 40.9 Å². The van der Waals surface area contributed by atoms with Crippen LogP contribution in [0.5, 0.6) is 0 Å². The van der Waals surface area contributed by atoms with E-state index in [0.29, 0.717) is 11.3 Å². The monoisotopic (exact) mass is 245 g/mol. The first-order valence-electron chi connectivity index (χ1n) is 4.11. The van der Waals surface area contributed by atoms with Gasteiger partial charge in [0.25, 0.3) is 0 Å². The average Bonchev–Trinajstić information content (AvgIpc) is 2.50. The lowest BCUT2D eigenvalue weighted by molar-refractivity contribution is 0.677. The van der Waals surface area contributed by atoms with Crippen molar-refractivity contribution >= 4 is 27.3 Å². The molecule has 1 nitrogen and oxygen atoms in total. The third-order valence-electron chi connectivity index (χ3n) is 2.83. The van der Waals surface area contributed by atoms with Crippen LogP contribution in [0.4, 0.5) is 0 Å². The van der Waals surface area contributed by atoms with Crippen molar-refractivity contribution in [2.75, 3.05) is 6.54 Å². The van der Waals surface area contributed by atoms with Gasteiger partial charge in [0.1, 0.15) is 0 Å². The Hall–Kier alpha value is 0.140. The zero-order valence-corrected chi connectivity index (χ0v) is 9.41. The van der Waals surface area contributed by atoms with Gasteiger partial charge in [-0.25, -0.2) is 0 Å². The summed E-state index contributed by atoms with van der Waals surface area (Å²) in [6, 6.07) is 2.22. The van der Waals surface area contributed by atoms with Crippen molar-refractivity contribution in [1.82, 2.24) is 0 Å². The summed E-state index contributed by atoms with van der Waals surface area (Å²) in [4.78, 5) is 1.48. The number of nitrogens with two attached hydrogens (primary N) is 1. The molecule has 0 radical (unpaired) electrons. The van der Waals surface area contributed by atoms with Crippen LogP contribution >= 0.6 is 27.3 Å². The van der Waals surface area contributed by atoms with E-state index in [4.69, 9.17) is 5.73 Å². The fourth-order valence-electron chi connectivity index (χ4n) is 1.71. The van der Waals surface area contributed by atoms with E-state index in [1.54, 1.807) is 0 Å². The molecule has 1 aromatic heterocycles. The van der Waals surface area contributed by atoms with Crippen LogP contribution in [-0.2, 0) is 5.41 Å². The van der Waals surface area contributed by atoms with Crippen LogP contribution in [0.25, 0.3) is 0 Å². The molecule has 1 aliphatic rings. The first kappa shape index (κ1) is 8.73. The van der Waals surface area contributed by atoms with E-state index in [0.717, 1.165) is 6.54 Å². The van der Waals surface area contributed by atoms with Crippen LogP contribution in [0, 0.1) is 5.92 Å². The smallest absolute Gasteiger partial charge is 0.0285 e. The largest absolute Gasteiger partial charge is 0.330 e. The maximum absolute atomic E-state index is 5.65. The van der Waals surface area contributed by atoms with Gasteiger partial charge >= 0.3 is 0 Å². The van der Waals surface area contributed by atoms with E-state index in [2.05, 4.69) is 34.3 Å². The van der Waals surface area contributed by atoms with Crippen LogP contribution in [0.2, 0.25) is 0 Å². The molecule has 66 valence electrons. The molecule has 12 heavy (non-hydrogen) atoms. The molecule has 2 rings (SSSR count). The lowest BCUT2D eigenvalue weighted by Crippen LogP contribution is -2.10. The quantitative estimate of drug-likeness (QED) is 0.853. The normalized spacial score (nSPS) is 33.8. The van der Waals surface area contributed by atoms with Gasteiger partial charge in [0.05, 0.1) is 0 Å². The second-order valence-electron chi connectivity index (χ2n) is 3.68. The molecule has 1 heterocycles. The van der Waals surface area contributed by atoms with E-state index in [1.807, 2.05) is 11.3 Å². The van der Waals surface area contributed by atoms with Crippen molar-refractivity contribution in [2.24, 2.45) is 11.7 Å². The van der Waals surface area contributed by atoms with Crippen molar-refractivity contribution in [3.05, 3.63) is 20.8 Å². The minimum Gasteiger partial charge on any atom is -0.330 e. The van der Waals surface area contributed by atoms with Crippen LogP contribution in [0.15, 0.2) is 15.9 Å². The van der Waals surface area contributed by atoms with Gasteiger partial charge in [-0.1, -0.05) is 6.92 Å². The minimum absolute atomic E-state index is 0.394. The Bertz CT molecular complexity index is 296. The molecule has 2 N–H and O–H groups in total. The van der Waals surface area contributed by atoms with Crippen LogP contribution in [0.3, 0.4) is 0 Å². The molecule has 1 aromatic rings. The van der Waals surface area contributed by atoms with Crippen LogP contribution < -0.4 is 5.73 Å². The zero-order chi connectivity index (χ0) is 8.77. The van der Waals surface area contributed by atoms with E-state index in [1.165, 1.54) is 15.8 Å². The molecule has 3 heteroatoms. The lowest BCUT2D eigenvalue weighted by Gasteiger charge is -2.06. The molecule has 2 atom stereocenters. The predicted molar refractivity (Wildman–Crippen MR) is 56.5 cm³/mol. The molecule has 0 bridgehead atoms. The average molecular weight is 246 g/mol. The molecule has 0 aliphatic heterocycles. The summed E-state index contributed by atoms with van der Waals surface area (Å²) in [5, 5.41) is 2.15. The summed E-state index contributed by atoms with van der Waals surface area (Å²) < 4.78 is 1.20. The summed E-state index contributed by atoms with van der Waals surface area (Å²) in [5.74, 6) is 0.711. The van der Waals surface area contributed by atoms with E-state index in [9.17, 15) is 0 Å². The Morgan fingerprint density at radius 2 is 2.58 bits per heavy atom. The third kappa shape index (κ3) is 1.24. The van der Waals surface area contributed by atoms with Crippen molar-refractivity contribution in [2.45, 2.75) is 18.8 Å². The van der Waals surface area contributed by atoms with E-state index < -0.39 is 0 Å². The van der Waals surface area contributed by atoms with Crippen molar-refractivity contribution in [3.8, 4) is 0 Å². The fraction of sp³-hybridized carbons (Fsp3) is 0.556. The minimum atomic E-state index is 0.394. The molecule has 0 aromatic carbocycles. The van der Waals surface area contributed by atoms with Crippen LogP contribution in [-0.4, -0.2) is 6.54 Å². The van der Waals surface area contributed by atoms with Gasteiger partial charge in [0.15, 0.2) is 0 Å². The SMILES string of the molecule is CC1(c2cc(Br)cs2)CC1CN. The maximum Gasteiger partial charge on any atom is 0.0285 e.